The number of anilines is 1. The molecule has 1 amide bonds. The zero-order valence-electron chi connectivity index (χ0n) is 19.7. The normalized spacial score (nSPS) is 11.2. The molecule has 0 saturated carbocycles. The van der Waals surface area contributed by atoms with Crippen molar-refractivity contribution in [3.8, 4) is 11.5 Å². The molecule has 0 atom stereocenters. The van der Waals surface area contributed by atoms with Gasteiger partial charge in [0.25, 0.3) is 15.9 Å². The van der Waals surface area contributed by atoms with Gasteiger partial charge in [-0.3, -0.25) is 19.2 Å². The number of hydrogen-bond donors (Lipinski definition) is 1. The lowest BCUT2D eigenvalue weighted by Gasteiger charge is -2.24. The van der Waals surface area contributed by atoms with Gasteiger partial charge in [-0.15, -0.1) is 0 Å². The van der Waals surface area contributed by atoms with E-state index in [4.69, 9.17) is 9.47 Å². The third-order valence-corrected chi connectivity index (χ3v) is 6.85. The van der Waals surface area contributed by atoms with E-state index in [1.807, 2.05) is 6.92 Å². The number of aryl methyl sites for hydroxylation is 1. The van der Waals surface area contributed by atoms with Gasteiger partial charge in [-0.05, 0) is 55.5 Å². The van der Waals surface area contributed by atoms with Gasteiger partial charge in [-0.1, -0.05) is 17.7 Å². The van der Waals surface area contributed by atoms with Crippen molar-refractivity contribution >= 4 is 33.5 Å². The quantitative estimate of drug-likeness (QED) is 0.250. The predicted octanol–water partition coefficient (Wildman–Crippen LogP) is 3.27. The Labute approximate surface area is 208 Å². The number of amides is 1. The summed E-state index contributed by atoms with van der Waals surface area (Å²) in [4.78, 5) is 23.2. The maximum Gasteiger partial charge on any atom is 0.311 e. The van der Waals surface area contributed by atoms with Crippen molar-refractivity contribution in [1.29, 1.82) is 0 Å². The van der Waals surface area contributed by atoms with Crippen molar-refractivity contribution in [2.45, 2.75) is 11.8 Å². The Morgan fingerprint density at radius 2 is 1.72 bits per heavy atom. The number of rotatable bonds is 10. The fraction of sp³-hybridized carbons (Fsp3) is 0.167. The Kier molecular flexibility index (Phi) is 8.22. The summed E-state index contributed by atoms with van der Waals surface area (Å²) in [6, 6.07) is 16.6. The first-order chi connectivity index (χ1) is 17.1. The molecule has 188 valence electrons. The first-order valence-corrected chi connectivity index (χ1v) is 12.0. The Balaban J connectivity index is 1.82. The number of benzene rings is 3. The topological polar surface area (TPSA) is 140 Å². The fourth-order valence-electron chi connectivity index (χ4n) is 3.18. The Morgan fingerprint density at radius 3 is 2.31 bits per heavy atom. The summed E-state index contributed by atoms with van der Waals surface area (Å²) in [6.07, 6.45) is 1.21. The Hall–Kier alpha value is -4.45. The molecule has 36 heavy (non-hydrogen) atoms. The van der Waals surface area contributed by atoms with E-state index < -0.39 is 27.4 Å². The third-order valence-electron chi connectivity index (χ3n) is 5.06. The minimum Gasteiger partial charge on any atom is -0.497 e. The molecule has 0 unspecified atom stereocenters. The van der Waals surface area contributed by atoms with Crippen molar-refractivity contribution in [1.82, 2.24) is 5.43 Å². The van der Waals surface area contributed by atoms with Crippen LogP contribution in [0, 0.1) is 17.0 Å². The number of carbonyl (C=O) groups excluding carboxylic acids is 1. The second-order valence-electron chi connectivity index (χ2n) is 7.50. The van der Waals surface area contributed by atoms with Crippen LogP contribution in [0.15, 0.2) is 76.7 Å². The van der Waals surface area contributed by atoms with E-state index in [1.54, 1.807) is 24.3 Å². The Morgan fingerprint density at radius 1 is 1.06 bits per heavy atom. The van der Waals surface area contributed by atoms with E-state index in [0.29, 0.717) is 17.0 Å². The molecular weight excluding hydrogens is 488 g/mol. The minimum absolute atomic E-state index is 0.0225. The lowest BCUT2D eigenvalue weighted by molar-refractivity contribution is -0.385. The number of nitro benzene ring substituents is 1. The highest BCUT2D eigenvalue weighted by molar-refractivity contribution is 7.92. The summed E-state index contributed by atoms with van der Waals surface area (Å²) in [5.74, 6) is -0.146. The van der Waals surface area contributed by atoms with Crippen LogP contribution in [0.5, 0.6) is 11.5 Å². The summed E-state index contributed by atoms with van der Waals surface area (Å²) in [5.41, 5.74) is 3.55. The molecule has 3 aromatic carbocycles. The largest absolute Gasteiger partial charge is 0.497 e. The van der Waals surface area contributed by atoms with Gasteiger partial charge >= 0.3 is 5.69 Å². The standard InChI is InChI=1S/C24H24N4O7S/c1-17-4-7-19(8-5-17)27(36(32,33)21-11-9-20(34-2)10-12-21)16-24(29)26-25-15-18-6-13-23(35-3)22(14-18)28(30)31/h4-15H,16H2,1-3H3,(H,26,29)/b25-15-. The van der Waals surface area contributed by atoms with Crippen LogP contribution in [0.25, 0.3) is 0 Å². The average molecular weight is 513 g/mol. The van der Waals surface area contributed by atoms with Crippen LogP contribution in [0.2, 0.25) is 0 Å². The van der Waals surface area contributed by atoms with Gasteiger partial charge < -0.3 is 9.47 Å². The summed E-state index contributed by atoms with van der Waals surface area (Å²) in [7, 11) is -1.33. The first-order valence-electron chi connectivity index (χ1n) is 10.5. The van der Waals surface area contributed by atoms with Crippen molar-refractivity contribution in [2.24, 2.45) is 5.10 Å². The lowest BCUT2D eigenvalue weighted by atomic mass is 10.2. The van der Waals surface area contributed by atoms with E-state index in [0.717, 1.165) is 9.87 Å². The zero-order valence-corrected chi connectivity index (χ0v) is 20.6. The summed E-state index contributed by atoms with van der Waals surface area (Å²) in [6.45, 7) is 1.30. The number of nitrogens with zero attached hydrogens (tertiary/aromatic N) is 3. The van der Waals surface area contributed by atoms with Crippen LogP contribution in [-0.4, -0.2) is 46.2 Å². The highest BCUT2D eigenvalue weighted by Gasteiger charge is 2.27. The molecule has 0 radical (unpaired) electrons. The van der Waals surface area contributed by atoms with Gasteiger partial charge in [0.1, 0.15) is 12.3 Å². The third kappa shape index (κ3) is 6.16. The molecule has 12 heteroatoms. The van der Waals surface area contributed by atoms with Gasteiger partial charge in [0, 0.05) is 11.6 Å². The average Bonchev–Trinajstić information content (AvgIpc) is 2.87. The van der Waals surface area contributed by atoms with Crippen LogP contribution in [0.3, 0.4) is 0 Å². The van der Waals surface area contributed by atoms with Crippen molar-refractivity contribution in [2.75, 3.05) is 25.1 Å². The molecule has 0 heterocycles. The smallest absolute Gasteiger partial charge is 0.311 e. The molecule has 0 aliphatic heterocycles. The molecule has 1 N–H and O–H groups in total. The van der Waals surface area contributed by atoms with Crippen molar-refractivity contribution in [3.63, 3.8) is 0 Å². The van der Waals surface area contributed by atoms with E-state index in [9.17, 15) is 23.3 Å². The fourth-order valence-corrected chi connectivity index (χ4v) is 4.60. The summed E-state index contributed by atoms with van der Waals surface area (Å²) >= 11 is 0. The van der Waals surface area contributed by atoms with Gasteiger partial charge in [0.05, 0.1) is 35.9 Å². The van der Waals surface area contributed by atoms with Crippen molar-refractivity contribution in [3.05, 3.63) is 88.0 Å². The highest BCUT2D eigenvalue weighted by Crippen LogP contribution is 2.27. The molecular formula is C24H24N4O7S. The van der Waals surface area contributed by atoms with E-state index in [1.165, 1.54) is 62.9 Å². The summed E-state index contributed by atoms with van der Waals surface area (Å²) in [5, 5.41) is 15.0. The molecule has 11 nitrogen and oxygen atoms in total. The number of nitro groups is 1. The maximum absolute atomic E-state index is 13.4. The van der Waals surface area contributed by atoms with Crippen molar-refractivity contribution < 1.29 is 27.6 Å². The molecule has 3 aromatic rings. The zero-order chi connectivity index (χ0) is 26.3. The molecule has 0 aliphatic carbocycles. The molecule has 0 aromatic heterocycles. The van der Waals surface area contributed by atoms with Crippen LogP contribution >= 0.6 is 0 Å². The van der Waals surface area contributed by atoms with E-state index in [2.05, 4.69) is 10.5 Å². The number of ether oxygens (including phenoxy) is 2. The van der Waals surface area contributed by atoms with Crippen LogP contribution in [-0.2, 0) is 14.8 Å². The number of methoxy groups -OCH3 is 2. The number of nitrogens with one attached hydrogen (secondary N) is 1. The van der Waals surface area contributed by atoms with Crippen LogP contribution < -0.4 is 19.2 Å². The van der Waals surface area contributed by atoms with Gasteiger partial charge in [0.2, 0.25) is 0 Å². The maximum atomic E-state index is 13.4. The Bertz CT molecular complexity index is 1370. The van der Waals surface area contributed by atoms with Gasteiger partial charge in [-0.2, -0.15) is 5.10 Å². The molecule has 0 aliphatic rings. The number of carbonyl (C=O) groups is 1. The molecule has 0 fully saturated rings. The molecule has 0 bridgehead atoms. The van der Waals surface area contributed by atoms with Crippen LogP contribution in [0.1, 0.15) is 11.1 Å². The van der Waals surface area contributed by atoms with Crippen LogP contribution in [0.4, 0.5) is 11.4 Å². The highest BCUT2D eigenvalue weighted by atomic mass is 32.2. The number of hydrogen-bond acceptors (Lipinski definition) is 8. The van der Waals surface area contributed by atoms with Gasteiger partial charge in [0.15, 0.2) is 5.75 Å². The second-order valence-corrected chi connectivity index (χ2v) is 9.37. The molecule has 0 saturated heterocycles. The lowest BCUT2D eigenvalue weighted by Crippen LogP contribution is -2.39. The second kappa shape index (κ2) is 11.3. The number of hydrazone groups is 1. The predicted molar refractivity (Wildman–Crippen MR) is 134 cm³/mol. The van der Waals surface area contributed by atoms with E-state index >= 15 is 0 Å². The minimum atomic E-state index is -4.11. The molecule has 0 spiro atoms. The monoisotopic (exact) mass is 512 g/mol. The number of sulfonamides is 1. The SMILES string of the molecule is COc1ccc(S(=O)(=O)N(CC(=O)N/N=C\c2ccc(OC)c([N+](=O)[O-])c2)c2ccc(C)cc2)cc1. The van der Waals surface area contributed by atoms with Gasteiger partial charge in [-0.25, -0.2) is 13.8 Å². The first kappa shape index (κ1) is 26.2. The summed E-state index contributed by atoms with van der Waals surface area (Å²) < 4.78 is 37.8. The van der Waals surface area contributed by atoms with E-state index in [-0.39, 0.29) is 16.3 Å². The molecule has 3 rings (SSSR count).